The standard InChI is InChI=1S/C13H10F2N2O/c14-9-3-1-7(5-10(9)15)13(18)8-2-4-11(16)12(17)6-8/h1-6H,16-17H2. The molecule has 0 spiro atoms. The molecule has 0 saturated carbocycles. The number of benzene rings is 2. The van der Waals surface area contributed by atoms with Crippen LogP contribution in [-0.2, 0) is 0 Å². The van der Waals surface area contributed by atoms with Crippen LogP contribution in [0.2, 0.25) is 0 Å². The number of rotatable bonds is 2. The van der Waals surface area contributed by atoms with E-state index in [1.807, 2.05) is 0 Å². The average Bonchev–Trinajstić information content (AvgIpc) is 2.35. The summed E-state index contributed by atoms with van der Waals surface area (Å²) in [5.41, 5.74) is 12.1. The van der Waals surface area contributed by atoms with Crippen LogP contribution in [0, 0.1) is 11.6 Å². The summed E-state index contributed by atoms with van der Waals surface area (Å²) in [5.74, 6) is -2.51. The molecule has 0 saturated heterocycles. The number of ketones is 1. The molecule has 0 aliphatic heterocycles. The monoisotopic (exact) mass is 248 g/mol. The summed E-state index contributed by atoms with van der Waals surface area (Å²) in [4.78, 5) is 12.0. The Morgan fingerprint density at radius 2 is 1.44 bits per heavy atom. The molecule has 0 aromatic heterocycles. The third-order valence-corrected chi connectivity index (χ3v) is 2.53. The number of carbonyl (C=O) groups excluding carboxylic acids is 1. The van der Waals surface area contributed by atoms with E-state index in [0.717, 1.165) is 12.1 Å². The molecule has 5 heteroatoms. The maximum atomic E-state index is 13.0. The number of halogens is 2. The van der Waals surface area contributed by atoms with Crippen LogP contribution >= 0.6 is 0 Å². The Bertz CT molecular complexity index is 573. The van der Waals surface area contributed by atoms with Crippen molar-refractivity contribution in [1.29, 1.82) is 0 Å². The summed E-state index contributed by atoms with van der Waals surface area (Å²) in [5, 5.41) is 0. The molecule has 2 aromatic rings. The summed E-state index contributed by atoms with van der Waals surface area (Å²) in [6.07, 6.45) is 0. The number of nitrogen functional groups attached to an aromatic ring is 2. The second-order valence-corrected chi connectivity index (χ2v) is 3.80. The molecule has 0 bridgehead atoms. The molecule has 0 unspecified atom stereocenters. The van der Waals surface area contributed by atoms with E-state index in [-0.39, 0.29) is 16.8 Å². The van der Waals surface area contributed by atoms with Gasteiger partial charge in [0.05, 0.1) is 11.4 Å². The molecule has 4 N–H and O–H groups in total. The highest BCUT2D eigenvalue weighted by Gasteiger charge is 2.12. The summed E-state index contributed by atoms with van der Waals surface area (Å²) < 4.78 is 25.8. The van der Waals surface area contributed by atoms with Crippen molar-refractivity contribution >= 4 is 17.2 Å². The van der Waals surface area contributed by atoms with Gasteiger partial charge in [0.2, 0.25) is 0 Å². The summed E-state index contributed by atoms with van der Waals surface area (Å²) >= 11 is 0. The molecular weight excluding hydrogens is 238 g/mol. The van der Waals surface area contributed by atoms with Crippen molar-refractivity contribution in [3.8, 4) is 0 Å². The van der Waals surface area contributed by atoms with Crippen molar-refractivity contribution in [1.82, 2.24) is 0 Å². The van der Waals surface area contributed by atoms with E-state index in [9.17, 15) is 13.6 Å². The fraction of sp³-hybridized carbons (Fsp3) is 0. The SMILES string of the molecule is Nc1ccc(C(=O)c2ccc(F)c(F)c2)cc1N. The van der Waals surface area contributed by atoms with E-state index in [1.54, 1.807) is 0 Å². The predicted molar refractivity (Wildman–Crippen MR) is 65.1 cm³/mol. The largest absolute Gasteiger partial charge is 0.397 e. The summed E-state index contributed by atoms with van der Waals surface area (Å²) in [6.45, 7) is 0. The lowest BCUT2D eigenvalue weighted by atomic mass is 10.0. The zero-order valence-electron chi connectivity index (χ0n) is 9.28. The molecule has 92 valence electrons. The van der Waals surface area contributed by atoms with Gasteiger partial charge in [0.1, 0.15) is 0 Å². The van der Waals surface area contributed by atoms with E-state index in [0.29, 0.717) is 5.69 Å². The normalized spacial score (nSPS) is 10.3. The van der Waals surface area contributed by atoms with Gasteiger partial charge in [0.15, 0.2) is 17.4 Å². The smallest absolute Gasteiger partial charge is 0.193 e. The zero-order valence-corrected chi connectivity index (χ0v) is 9.28. The molecule has 0 aliphatic rings. The second kappa shape index (κ2) is 4.44. The lowest BCUT2D eigenvalue weighted by Gasteiger charge is -2.05. The number of nitrogens with two attached hydrogens (primary N) is 2. The Morgan fingerprint density at radius 3 is 2.06 bits per heavy atom. The molecular formula is C13H10F2N2O. The van der Waals surface area contributed by atoms with Gasteiger partial charge < -0.3 is 11.5 Å². The number of carbonyl (C=O) groups is 1. The van der Waals surface area contributed by atoms with Gasteiger partial charge in [0, 0.05) is 11.1 Å². The maximum absolute atomic E-state index is 13.0. The van der Waals surface area contributed by atoms with E-state index in [2.05, 4.69) is 0 Å². The Labute approximate surface area is 102 Å². The highest BCUT2D eigenvalue weighted by molar-refractivity contribution is 6.09. The Kier molecular flexibility index (Phi) is 2.97. The molecule has 3 nitrogen and oxygen atoms in total. The van der Waals surface area contributed by atoms with Crippen LogP contribution in [0.4, 0.5) is 20.2 Å². The van der Waals surface area contributed by atoms with Crippen LogP contribution in [0.15, 0.2) is 36.4 Å². The van der Waals surface area contributed by atoms with Gasteiger partial charge in [-0.05, 0) is 36.4 Å². The van der Waals surface area contributed by atoms with Crippen LogP contribution in [0.3, 0.4) is 0 Å². The Balaban J connectivity index is 2.41. The van der Waals surface area contributed by atoms with Crippen LogP contribution in [0.1, 0.15) is 15.9 Å². The Morgan fingerprint density at radius 1 is 0.833 bits per heavy atom. The fourth-order valence-corrected chi connectivity index (χ4v) is 1.52. The first kappa shape index (κ1) is 12.0. The molecule has 0 radical (unpaired) electrons. The van der Waals surface area contributed by atoms with Crippen LogP contribution < -0.4 is 11.5 Å². The van der Waals surface area contributed by atoms with Gasteiger partial charge >= 0.3 is 0 Å². The van der Waals surface area contributed by atoms with Crippen LogP contribution in [0.5, 0.6) is 0 Å². The quantitative estimate of drug-likeness (QED) is 0.633. The van der Waals surface area contributed by atoms with Crippen molar-refractivity contribution < 1.29 is 13.6 Å². The third-order valence-electron chi connectivity index (χ3n) is 2.53. The van der Waals surface area contributed by atoms with Crippen molar-refractivity contribution in [3.05, 3.63) is 59.2 Å². The lowest BCUT2D eigenvalue weighted by molar-refractivity contribution is 0.103. The number of hydrogen-bond acceptors (Lipinski definition) is 3. The van der Waals surface area contributed by atoms with Gasteiger partial charge in [-0.25, -0.2) is 8.78 Å². The molecule has 2 rings (SSSR count). The van der Waals surface area contributed by atoms with E-state index in [1.165, 1.54) is 24.3 Å². The molecule has 0 aliphatic carbocycles. The highest BCUT2D eigenvalue weighted by Crippen LogP contribution is 2.19. The first-order chi connectivity index (χ1) is 8.49. The van der Waals surface area contributed by atoms with E-state index in [4.69, 9.17) is 11.5 Å². The van der Waals surface area contributed by atoms with Crippen molar-refractivity contribution in [3.63, 3.8) is 0 Å². The highest BCUT2D eigenvalue weighted by atomic mass is 19.2. The Hall–Kier alpha value is -2.43. The fourth-order valence-electron chi connectivity index (χ4n) is 1.52. The first-order valence-electron chi connectivity index (χ1n) is 5.14. The van der Waals surface area contributed by atoms with Crippen molar-refractivity contribution in [2.75, 3.05) is 11.5 Å². The van der Waals surface area contributed by atoms with Gasteiger partial charge in [-0.15, -0.1) is 0 Å². The molecule has 0 heterocycles. The molecule has 0 fully saturated rings. The first-order valence-corrected chi connectivity index (χ1v) is 5.14. The summed E-state index contributed by atoms with van der Waals surface area (Å²) in [6, 6.07) is 7.34. The van der Waals surface area contributed by atoms with Gasteiger partial charge in [-0.1, -0.05) is 0 Å². The zero-order chi connectivity index (χ0) is 13.3. The minimum atomic E-state index is -1.07. The summed E-state index contributed by atoms with van der Waals surface area (Å²) in [7, 11) is 0. The van der Waals surface area contributed by atoms with Crippen molar-refractivity contribution in [2.24, 2.45) is 0 Å². The van der Waals surface area contributed by atoms with Gasteiger partial charge in [-0.3, -0.25) is 4.79 Å². The maximum Gasteiger partial charge on any atom is 0.193 e. The van der Waals surface area contributed by atoms with Crippen molar-refractivity contribution in [2.45, 2.75) is 0 Å². The van der Waals surface area contributed by atoms with E-state index >= 15 is 0 Å². The molecule has 0 atom stereocenters. The minimum Gasteiger partial charge on any atom is -0.397 e. The predicted octanol–water partition coefficient (Wildman–Crippen LogP) is 2.36. The number of hydrogen-bond donors (Lipinski definition) is 2. The average molecular weight is 248 g/mol. The van der Waals surface area contributed by atoms with Crippen LogP contribution in [-0.4, -0.2) is 5.78 Å². The molecule has 0 amide bonds. The van der Waals surface area contributed by atoms with E-state index < -0.39 is 17.4 Å². The van der Waals surface area contributed by atoms with Gasteiger partial charge in [0.25, 0.3) is 0 Å². The van der Waals surface area contributed by atoms with Crippen LogP contribution in [0.25, 0.3) is 0 Å². The lowest BCUT2D eigenvalue weighted by Crippen LogP contribution is -2.04. The van der Waals surface area contributed by atoms with Gasteiger partial charge in [-0.2, -0.15) is 0 Å². The third kappa shape index (κ3) is 2.15. The molecule has 2 aromatic carbocycles. The minimum absolute atomic E-state index is 0.0538. The topological polar surface area (TPSA) is 69.1 Å². The second-order valence-electron chi connectivity index (χ2n) is 3.80. The molecule has 18 heavy (non-hydrogen) atoms. The number of anilines is 2.